The molecule has 2 aromatic carbocycles. The number of primary amides is 1. The van der Waals surface area contributed by atoms with Gasteiger partial charge in [-0.15, -0.1) is 0 Å². The van der Waals surface area contributed by atoms with Crippen LogP contribution in [0.1, 0.15) is 39.8 Å². The molecular weight excluding hydrogens is 386 g/mol. The first-order valence-electron chi connectivity index (χ1n) is 10.6. The highest BCUT2D eigenvalue weighted by Gasteiger charge is 2.25. The molecule has 4 aromatic rings. The zero-order chi connectivity index (χ0) is 21.5. The summed E-state index contributed by atoms with van der Waals surface area (Å²) in [4.78, 5) is 18.8. The van der Waals surface area contributed by atoms with E-state index in [1.54, 1.807) is 10.7 Å². The van der Waals surface area contributed by atoms with Gasteiger partial charge in [-0.25, -0.2) is 4.68 Å². The standard InChI is InChI=1S/C25H25N5O/c1-16-12-24(29-11-10-19(15-29)18-6-4-3-5-7-18)21-14-20(8-9-22(21)27-16)30-17(2)13-23(28-30)25(26)31/h3-9,12-14,19H,10-11,15H2,1-2H3,(H2,26,31). The van der Waals surface area contributed by atoms with Crippen LogP contribution in [0.15, 0.2) is 60.7 Å². The molecule has 1 aliphatic rings. The molecule has 1 amide bonds. The molecule has 6 heteroatoms. The van der Waals surface area contributed by atoms with Crippen LogP contribution in [0.25, 0.3) is 16.6 Å². The number of hydrogen-bond acceptors (Lipinski definition) is 4. The molecule has 1 unspecified atom stereocenters. The highest BCUT2D eigenvalue weighted by Crippen LogP contribution is 2.35. The highest BCUT2D eigenvalue weighted by molar-refractivity contribution is 5.94. The smallest absolute Gasteiger partial charge is 0.269 e. The van der Waals surface area contributed by atoms with Crippen LogP contribution in [0, 0.1) is 13.8 Å². The van der Waals surface area contributed by atoms with Crippen LogP contribution in [0.2, 0.25) is 0 Å². The summed E-state index contributed by atoms with van der Waals surface area (Å²) in [6.45, 7) is 5.95. The Balaban J connectivity index is 1.56. The number of hydrogen-bond donors (Lipinski definition) is 1. The third-order valence-electron chi connectivity index (χ3n) is 6.08. The Morgan fingerprint density at radius 3 is 2.61 bits per heavy atom. The summed E-state index contributed by atoms with van der Waals surface area (Å²) in [5, 5.41) is 5.48. The Labute approximate surface area is 181 Å². The van der Waals surface area contributed by atoms with Gasteiger partial charge in [0.1, 0.15) is 0 Å². The second-order valence-corrected chi connectivity index (χ2v) is 8.27. The van der Waals surface area contributed by atoms with E-state index in [0.717, 1.165) is 47.5 Å². The average Bonchev–Trinajstić information content (AvgIpc) is 3.41. The maximum absolute atomic E-state index is 11.6. The Kier molecular flexibility index (Phi) is 4.70. The van der Waals surface area contributed by atoms with Gasteiger partial charge in [0.2, 0.25) is 0 Å². The number of anilines is 1. The quantitative estimate of drug-likeness (QED) is 0.548. The van der Waals surface area contributed by atoms with Gasteiger partial charge in [-0.2, -0.15) is 5.10 Å². The summed E-state index contributed by atoms with van der Waals surface area (Å²) in [5.74, 6) is 0.00373. The summed E-state index contributed by atoms with van der Waals surface area (Å²) in [7, 11) is 0. The second-order valence-electron chi connectivity index (χ2n) is 8.27. The third kappa shape index (κ3) is 3.54. The van der Waals surface area contributed by atoms with Crippen molar-refractivity contribution in [2.24, 2.45) is 5.73 Å². The number of pyridine rings is 1. The number of aromatic nitrogens is 3. The number of aryl methyl sites for hydroxylation is 2. The molecule has 1 fully saturated rings. The van der Waals surface area contributed by atoms with Crippen LogP contribution in [0.3, 0.4) is 0 Å². The Bertz CT molecular complexity index is 1280. The van der Waals surface area contributed by atoms with Crippen molar-refractivity contribution < 1.29 is 4.79 Å². The molecular formula is C25H25N5O. The minimum atomic E-state index is -0.523. The van der Waals surface area contributed by atoms with Gasteiger partial charge in [-0.05, 0) is 56.2 Å². The number of amides is 1. The van der Waals surface area contributed by atoms with E-state index >= 15 is 0 Å². The van der Waals surface area contributed by atoms with Crippen molar-refractivity contribution in [1.29, 1.82) is 0 Å². The van der Waals surface area contributed by atoms with Gasteiger partial charge < -0.3 is 10.6 Å². The molecule has 31 heavy (non-hydrogen) atoms. The molecule has 5 rings (SSSR count). The number of nitrogens with zero attached hydrogens (tertiary/aromatic N) is 4. The highest BCUT2D eigenvalue weighted by atomic mass is 16.1. The fraction of sp³-hybridized carbons (Fsp3) is 0.240. The second kappa shape index (κ2) is 7.54. The molecule has 0 spiro atoms. The molecule has 0 radical (unpaired) electrons. The number of benzene rings is 2. The van der Waals surface area contributed by atoms with Crippen LogP contribution in [-0.4, -0.2) is 33.8 Å². The summed E-state index contributed by atoms with van der Waals surface area (Å²) >= 11 is 0. The van der Waals surface area contributed by atoms with Gasteiger partial charge >= 0.3 is 0 Å². The fourth-order valence-electron chi connectivity index (χ4n) is 4.55. The topological polar surface area (TPSA) is 77.0 Å². The van der Waals surface area contributed by atoms with E-state index in [4.69, 9.17) is 10.7 Å². The van der Waals surface area contributed by atoms with Crippen molar-refractivity contribution in [3.05, 3.63) is 83.3 Å². The predicted molar refractivity (Wildman–Crippen MR) is 123 cm³/mol. The van der Waals surface area contributed by atoms with Crippen LogP contribution < -0.4 is 10.6 Å². The number of rotatable bonds is 4. The summed E-state index contributed by atoms with van der Waals surface area (Å²) in [5.41, 5.74) is 12.0. The molecule has 3 heterocycles. The molecule has 6 nitrogen and oxygen atoms in total. The lowest BCUT2D eigenvalue weighted by Crippen LogP contribution is -2.20. The first-order valence-corrected chi connectivity index (χ1v) is 10.6. The van der Waals surface area contributed by atoms with Crippen molar-refractivity contribution in [3.63, 3.8) is 0 Å². The predicted octanol–water partition coefficient (Wildman–Crippen LogP) is 4.13. The zero-order valence-corrected chi connectivity index (χ0v) is 17.7. The molecule has 0 bridgehead atoms. The summed E-state index contributed by atoms with van der Waals surface area (Å²) in [6, 6.07) is 20.7. The molecule has 156 valence electrons. The number of carbonyl (C=O) groups excluding carboxylic acids is 1. The normalized spacial score (nSPS) is 16.2. The first-order chi connectivity index (χ1) is 15.0. The van der Waals surface area contributed by atoms with Gasteiger partial charge in [0.25, 0.3) is 5.91 Å². The van der Waals surface area contributed by atoms with Crippen LogP contribution in [0.4, 0.5) is 5.69 Å². The van der Waals surface area contributed by atoms with E-state index in [9.17, 15) is 4.79 Å². The van der Waals surface area contributed by atoms with Crippen molar-refractivity contribution in [3.8, 4) is 5.69 Å². The van der Waals surface area contributed by atoms with E-state index in [-0.39, 0.29) is 5.69 Å². The molecule has 1 aliphatic heterocycles. The van der Waals surface area contributed by atoms with E-state index in [1.165, 1.54) is 11.3 Å². The number of nitrogens with two attached hydrogens (primary N) is 1. The number of carbonyl (C=O) groups is 1. The minimum absolute atomic E-state index is 0.269. The third-order valence-corrected chi connectivity index (χ3v) is 6.08. The Morgan fingerprint density at radius 2 is 1.87 bits per heavy atom. The largest absolute Gasteiger partial charge is 0.370 e. The fourth-order valence-corrected chi connectivity index (χ4v) is 4.55. The van der Waals surface area contributed by atoms with E-state index < -0.39 is 5.91 Å². The summed E-state index contributed by atoms with van der Waals surface area (Å²) < 4.78 is 1.76. The monoisotopic (exact) mass is 411 g/mol. The molecule has 2 aromatic heterocycles. The van der Waals surface area contributed by atoms with Crippen molar-refractivity contribution >= 4 is 22.5 Å². The van der Waals surface area contributed by atoms with Crippen molar-refractivity contribution in [2.75, 3.05) is 18.0 Å². The van der Waals surface area contributed by atoms with Gasteiger partial charge in [0.05, 0.1) is 11.2 Å². The molecule has 0 aliphatic carbocycles. The Morgan fingerprint density at radius 1 is 1.06 bits per heavy atom. The summed E-state index contributed by atoms with van der Waals surface area (Å²) in [6.07, 6.45) is 1.13. The van der Waals surface area contributed by atoms with Crippen LogP contribution >= 0.6 is 0 Å². The first kappa shape index (κ1) is 19.3. The van der Waals surface area contributed by atoms with E-state index in [1.807, 2.05) is 26.0 Å². The molecule has 2 N–H and O–H groups in total. The molecule has 0 saturated carbocycles. The molecule has 1 atom stereocenters. The zero-order valence-electron chi connectivity index (χ0n) is 17.7. The van der Waals surface area contributed by atoms with Gasteiger partial charge in [-0.3, -0.25) is 9.78 Å². The van der Waals surface area contributed by atoms with Crippen molar-refractivity contribution in [2.45, 2.75) is 26.2 Å². The van der Waals surface area contributed by atoms with Crippen molar-refractivity contribution in [1.82, 2.24) is 14.8 Å². The lowest BCUT2D eigenvalue weighted by atomic mass is 9.99. The van der Waals surface area contributed by atoms with E-state index in [2.05, 4.69) is 52.5 Å². The lowest BCUT2D eigenvalue weighted by molar-refractivity contribution is 0.0995. The lowest BCUT2D eigenvalue weighted by Gasteiger charge is -2.22. The van der Waals surface area contributed by atoms with Gasteiger partial charge in [-0.1, -0.05) is 30.3 Å². The minimum Gasteiger partial charge on any atom is -0.370 e. The Hall–Kier alpha value is -3.67. The SMILES string of the molecule is Cc1cc(N2CCC(c3ccccc3)C2)c2cc(-n3nc(C(N)=O)cc3C)ccc2n1. The number of fused-ring (bicyclic) bond motifs is 1. The van der Waals surface area contributed by atoms with Gasteiger partial charge in [0.15, 0.2) is 5.69 Å². The van der Waals surface area contributed by atoms with Gasteiger partial charge in [0, 0.05) is 41.5 Å². The maximum atomic E-state index is 11.6. The van der Waals surface area contributed by atoms with E-state index in [0.29, 0.717) is 5.92 Å². The average molecular weight is 412 g/mol. The van der Waals surface area contributed by atoms with Crippen LogP contribution in [0.5, 0.6) is 0 Å². The maximum Gasteiger partial charge on any atom is 0.269 e. The van der Waals surface area contributed by atoms with Crippen LogP contribution in [-0.2, 0) is 0 Å². The molecule has 1 saturated heterocycles.